The number of aryl methyl sites for hydroxylation is 2. The van der Waals surface area contributed by atoms with Crippen LogP contribution in [0.2, 0.25) is 0 Å². The minimum absolute atomic E-state index is 0.366. The predicted octanol–water partition coefficient (Wildman–Crippen LogP) is 5.01. The first-order valence-corrected chi connectivity index (χ1v) is 8.54. The molecule has 2 atom stereocenters. The molecule has 0 aliphatic heterocycles. The number of hydrogen-bond acceptors (Lipinski definition) is 4. The van der Waals surface area contributed by atoms with Crippen LogP contribution in [0.4, 0.5) is 0 Å². The van der Waals surface area contributed by atoms with E-state index in [1.54, 1.807) is 0 Å². The van der Waals surface area contributed by atoms with Gasteiger partial charge in [0.15, 0.2) is 0 Å². The van der Waals surface area contributed by atoms with Crippen molar-refractivity contribution in [1.82, 2.24) is 10.3 Å². The molecule has 0 saturated heterocycles. The summed E-state index contributed by atoms with van der Waals surface area (Å²) in [5, 5.41) is 7.09. The zero-order valence-electron chi connectivity index (χ0n) is 12.1. The first-order chi connectivity index (χ1) is 9.11. The molecule has 0 aromatic carbocycles. The second kappa shape index (κ2) is 6.64. The van der Waals surface area contributed by atoms with Crippen molar-refractivity contribution in [2.75, 3.05) is 0 Å². The molecule has 2 aromatic rings. The van der Waals surface area contributed by atoms with Crippen LogP contribution in [0, 0.1) is 13.8 Å². The smallest absolute Gasteiger partial charge is 0.0900 e. The van der Waals surface area contributed by atoms with E-state index in [2.05, 4.69) is 55.5 Å². The van der Waals surface area contributed by atoms with Crippen molar-refractivity contribution in [3.05, 3.63) is 38.0 Å². The van der Waals surface area contributed by atoms with Gasteiger partial charge in [0.2, 0.25) is 0 Å². The van der Waals surface area contributed by atoms with E-state index in [0.29, 0.717) is 12.1 Å². The molecule has 19 heavy (non-hydrogen) atoms. The van der Waals surface area contributed by atoms with Gasteiger partial charge < -0.3 is 5.32 Å². The summed E-state index contributed by atoms with van der Waals surface area (Å²) in [6.07, 6.45) is 2.38. The van der Waals surface area contributed by atoms with Crippen molar-refractivity contribution in [2.45, 2.75) is 52.6 Å². The van der Waals surface area contributed by atoms with Crippen LogP contribution >= 0.6 is 22.7 Å². The minimum atomic E-state index is 0.366. The monoisotopic (exact) mass is 294 g/mol. The van der Waals surface area contributed by atoms with Crippen LogP contribution in [0.15, 0.2) is 17.5 Å². The predicted molar refractivity (Wildman–Crippen MR) is 85.1 cm³/mol. The van der Waals surface area contributed by atoms with Gasteiger partial charge in [-0.05, 0) is 38.6 Å². The Morgan fingerprint density at radius 1 is 1.37 bits per heavy atom. The van der Waals surface area contributed by atoms with Gasteiger partial charge >= 0.3 is 0 Å². The lowest BCUT2D eigenvalue weighted by Gasteiger charge is -2.22. The summed E-state index contributed by atoms with van der Waals surface area (Å²) < 4.78 is 0. The number of aromatic nitrogens is 1. The minimum Gasteiger partial charge on any atom is -0.302 e. The second-order valence-corrected chi connectivity index (χ2v) is 7.14. The summed E-state index contributed by atoms with van der Waals surface area (Å²) in [6.45, 7) is 8.68. The molecular weight excluding hydrogens is 272 g/mol. The molecule has 0 bridgehead atoms. The maximum atomic E-state index is 4.53. The second-order valence-electron chi connectivity index (χ2n) is 4.93. The number of thiophene rings is 1. The van der Waals surface area contributed by atoms with E-state index in [0.717, 1.165) is 5.01 Å². The molecule has 0 saturated carbocycles. The normalized spacial score (nSPS) is 14.5. The molecule has 2 heterocycles. The van der Waals surface area contributed by atoms with Gasteiger partial charge in [0.1, 0.15) is 0 Å². The molecule has 2 nitrogen and oxygen atoms in total. The molecule has 0 spiro atoms. The summed E-state index contributed by atoms with van der Waals surface area (Å²) in [5.41, 5.74) is 1.17. The van der Waals surface area contributed by atoms with Gasteiger partial charge in [0.05, 0.1) is 10.7 Å². The molecule has 2 aromatic heterocycles. The number of hydrogen-bond donors (Lipinski definition) is 1. The molecule has 2 rings (SSSR count). The van der Waals surface area contributed by atoms with Gasteiger partial charge in [-0.2, -0.15) is 0 Å². The Labute approximate surface area is 123 Å². The molecule has 0 radical (unpaired) electrons. The van der Waals surface area contributed by atoms with Crippen molar-refractivity contribution in [3.8, 4) is 0 Å². The van der Waals surface area contributed by atoms with Crippen molar-refractivity contribution in [1.29, 1.82) is 0 Å². The highest BCUT2D eigenvalue weighted by Crippen LogP contribution is 2.30. The largest absolute Gasteiger partial charge is 0.302 e. The van der Waals surface area contributed by atoms with Crippen LogP contribution in [0.5, 0.6) is 0 Å². The Morgan fingerprint density at radius 3 is 2.68 bits per heavy atom. The van der Waals surface area contributed by atoms with Crippen LogP contribution in [-0.2, 0) is 0 Å². The van der Waals surface area contributed by atoms with E-state index >= 15 is 0 Å². The lowest BCUT2D eigenvalue weighted by atomic mass is 10.1. The maximum absolute atomic E-state index is 4.53. The van der Waals surface area contributed by atoms with Gasteiger partial charge in [-0.25, -0.2) is 4.98 Å². The zero-order valence-corrected chi connectivity index (χ0v) is 13.7. The number of nitrogens with one attached hydrogen (secondary N) is 1. The van der Waals surface area contributed by atoms with Crippen LogP contribution in [-0.4, -0.2) is 4.98 Å². The quantitative estimate of drug-likeness (QED) is 0.809. The average molecular weight is 294 g/mol. The molecular formula is C15H22N2S2. The lowest BCUT2D eigenvalue weighted by Crippen LogP contribution is -2.23. The van der Waals surface area contributed by atoms with E-state index in [-0.39, 0.29) is 0 Å². The molecule has 0 aliphatic carbocycles. The van der Waals surface area contributed by atoms with Gasteiger partial charge in [0.25, 0.3) is 0 Å². The summed E-state index contributed by atoms with van der Waals surface area (Å²) in [4.78, 5) is 7.34. The Kier molecular flexibility index (Phi) is 5.13. The molecule has 1 N–H and O–H groups in total. The fourth-order valence-corrected chi connectivity index (χ4v) is 4.17. The van der Waals surface area contributed by atoms with Crippen LogP contribution in [0.3, 0.4) is 0 Å². The van der Waals surface area contributed by atoms with Crippen molar-refractivity contribution in [3.63, 3.8) is 0 Å². The summed E-state index contributed by atoms with van der Waals surface area (Å²) in [7, 11) is 0. The van der Waals surface area contributed by atoms with E-state index in [9.17, 15) is 0 Å². The summed E-state index contributed by atoms with van der Waals surface area (Å²) in [5.74, 6) is 0. The van der Waals surface area contributed by atoms with Gasteiger partial charge in [-0.1, -0.05) is 19.4 Å². The first-order valence-electron chi connectivity index (χ1n) is 6.85. The SMILES string of the molecule is CCCC(NC(C)c1sc(C)nc1C)c1cccs1. The molecule has 2 unspecified atom stereocenters. The van der Waals surface area contributed by atoms with Crippen LogP contribution < -0.4 is 5.32 Å². The van der Waals surface area contributed by atoms with E-state index in [1.165, 1.54) is 28.3 Å². The van der Waals surface area contributed by atoms with E-state index < -0.39 is 0 Å². The third-order valence-corrected chi connectivity index (χ3v) is 5.49. The fraction of sp³-hybridized carbons (Fsp3) is 0.533. The fourth-order valence-electron chi connectivity index (χ4n) is 2.41. The summed E-state index contributed by atoms with van der Waals surface area (Å²) >= 11 is 3.65. The molecule has 0 amide bonds. The molecule has 104 valence electrons. The highest BCUT2D eigenvalue weighted by Gasteiger charge is 2.18. The number of thiazole rings is 1. The first kappa shape index (κ1) is 14.7. The Hall–Kier alpha value is -0.710. The van der Waals surface area contributed by atoms with Crippen LogP contribution in [0.25, 0.3) is 0 Å². The maximum Gasteiger partial charge on any atom is 0.0900 e. The third kappa shape index (κ3) is 3.65. The average Bonchev–Trinajstić information content (AvgIpc) is 2.98. The van der Waals surface area contributed by atoms with Crippen molar-refractivity contribution >= 4 is 22.7 Å². The van der Waals surface area contributed by atoms with Crippen LogP contribution in [0.1, 0.15) is 59.2 Å². The number of rotatable bonds is 6. The highest BCUT2D eigenvalue weighted by atomic mass is 32.1. The Balaban J connectivity index is 2.11. The Bertz CT molecular complexity index is 502. The Morgan fingerprint density at radius 2 is 2.16 bits per heavy atom. The highest BCUT2D eigenvalue weighted by molar-refractivity contribution is 7.11. The van der Waals surface area contributed by atoms with Crippen molar-refractivity contribution in [2.24, 2.45) is 0 Å². The lowest BCUT2D eigenvalue weighted by molar-refractivity contribution is 0.447. The zero-order chi connectivity index (χ0) is 13.8. The molecule has 0 aliphatic rings. The number of nitrogens with zero attached hydrogens (tertiary/aromatic N) is 1. The van der Waals surface area contributed by atoms with E-state index in [1.807, 2.05) is 22.7 Å². The van der Waals surface area contributed by atoms with Gasteiger partial charge in [0, 0.05) is 21.8 Å². The third-order valence-electron chi connectivity index (χ3n) is 3.25. The van der Waals surface area contributed by atoms with Gasteiger partial charge in [-0.15, -0.1) is 22.7 Å². The summed E-state index contributed by atoms with van der Waals surface area (Å²) in [6, 6.07) is 5.19. The van der Waals surface area contributed by atoms with E-state index in [4.69, 9.17) is 0 Å². The topological polar surface area (TPSA) is 24.9 Å². The van der Waals surface area contributed by atoms with Crippen molar-refractivity contribution < 1.29 is 0 Å². The molecule has 4 heteroatoms. The standard InChI is InChI=1S/C15H22N2S2/c1-5-7-13(14-8-6-9-18-14)17-11(3)15-10(2)16-12(4)19-15/h6,8-9,11,13,17H,5,7H2,1-4H3. The molecule has 0 fully saturated rings. The van der Waals surface area contributed by atoms with Gasteiger partial charge in [-0.3, -0.25) is 0 Å².